The number of methoxy groups -OCH3 is 2. The lowest BCUT2D eigenvalue weighted by Crippen LogP contribution is -2.28. The van der Waals surface area contributed by atoms with Crippen LogP contribution in [-0.2, 0) is 16.1 Å². The normalized spacial score (nSPS) is 18.2. The summed E-state index contributed by atoms with van der Waals surface area (Å²) in [6.45, 7) is 0.686. The monoisotopic (exact) mass is 278 g/mol. The van der Waals surface area contributed by atoms with Crippen LogP contribution in [0, 0.1) is 5.92 Å². The first-order chi connectivity index (χ1) is 9.56. The summed E-state index contributed by atoms with van der Waals surface area (Å²) >= 11 is 0. The number of ether oxygens (including phenoxy) is 2. The van der Waals surface area contributed by atoms with Crippen LogP contribution in [0.1, 0.15) is 12.0 Å². The smallest absolute Gasteiger partial charge is 0.223 e. The van der Waals surface area contributed by atoms with Gasteiger partial charge in [0.05, 0.1) is 32.2 Å². The average Bonchev–Trinajstić information content (AvgIpc) is 2.80. The van der Waals surface area contributed by atoms with E-state index in [1.807, 2.05) is 18.2 Å². The minimum Gasteiger partial charge on any atom is -0.496 e. The molecule has 1 aliphatic heterocycles. The van der Waals surface area contributed by atoms with Gasteiger partial charge in [0.1, 0.15) is 11.5 Å². The first-order valence-electron chi connectivity index (χ1n) is 6.33. The van der Waals surface area contributed by atoms with Crippen molar-refractivity contribution >= 4 is 11.8 Å². The van der Waals surface area contributed by atoms with E-state index in [0.29, 0.717) is 24.6 Å². The minimum absolute atomic E-state index is 0.0817. The van der Waals surface area contributed by atoms with E-state index >= 15 is 0 Å². The molecule has 1 aromatic rings. The lowest BCUT2D eigenvalue weighted by atomic mass is 10.1. The van der Waals surface area contributed by atoms with Crippen molar-refractivity contribution in [2.45, 2.75) is 13.0 Å². The number of nitrogens with zero attached hydrogens (tertiary/aromatic N) is 1. The second kappa shape index (κ2) is 5.81. The summed E-state index contributed by atoms with van der Waals surface area (Å²) in [5, 5.41) is 0. The van der Waals surface area contributed by atoms with E-state index in [1.165, 1.54) is 0 Å². The van der Waals surface area contributed by atoms with Gasteiger partial charge in [-0.2, -0.15) is 0 Å². The maximum atomic E-state index is 11.9. The molecule has 0 aromatic heterocycles. The van der Waals surface area contributed by atoms with Crippen molar-refractivity contribution in [1.29, 1.82) is 0 Å². The van der Waals surface area contributed by atoms with Gasteiger partial charge in [-0.3, -0.25) is 9.59 Å². The molecule has 1 aliphatic rings. The molecule has 0 bridgehead atoms. The number of carbonyl (C=O) groups is 2. The number of carbonyl (C=O) groups excluding carboxylic acids is 2. The molecule has 2 amide bonds. The third kappa shape index (κ3) is 2.68. The maximum absolute atomic E-state index is 11.9. The van der Waals surface area contributed by atoms with Crippen LogP contribution in [0.25, 0.3) is 0 Å². The van der Waals surface area contributed by atoms with Crippen molar-refractivity contribution in [1.82, 2.24) is 4.90 Å². The zero-order chi connectivity index (χ0) is 14.7. The first kappa shape index (κ1) is 14.2. The van der Waals surface area contributed by atoms with Gasteiger partial charge in [0, 0.05) is 13.0 Å². The summed E-state index contributed by atoms with van der Waals surface area (Å²) in [4.78, 5) is 24.7. The largest absolute Gasteiger partial charge is 0.496 e. The van der Waals surface area contributed by atoms with Gasteiger partial charge >= 0.3 is 0 Å². The fourth-order valence-corrected chi connectivity index (χ4v) is 2.39. The second-order valence-electron chi connectivity index (χ2n) is 4.72. The van der Waals surface area contributed by atoms with Crippen LogP contribution in [0.5, 0.6) is 11.5 Å². The molecule has 1 saturated heterocycles. The molecule has 20 heavy (non-hydrogen) atoms. The molecule has 2 N–H and O–H groups in total. The lowest BCUT2D eigenvalue weighted by Gasteiger charge is -2.20. The Labute approximate surface area is 117 Å². The maximum Gasteiger partial charge on any atom is 0.223 e. The number of hydrogen-bond acceptors (Lipinski definition) is 4. The van der Waals surface area contributed by atoms with Gasteiger partial charge in [-0.15, -0.1) is 0 Å². The van der Waals surface area contributed by atoms with Crippen molar-refractivity contribution < 1.29 is 19.1 Å². The lowest BCUT2D eigenvalue weighted by molar-refractivity contribution is -0.128. The Morgan fingerprint density at radius 2 is 1.95 bits per heavy atom. The Kier molecular flexibility index (Phi) is 4.12. The Morgan fingerprint density at radius 1 is 1.35 bits per heavy atom. The highest BCUT2D eigenvalue weighted by molar-refractivity contribution is 5.88. The summed E-state index contributed by atoms with van der Waals surface area (Å²) < 4.78 is 10.6. The molecule has 1 heterocycles. The van der Waals surface area contributed by atoms with Gasteiger partial charge in [0.25, 0.3) is 0 Å². The molecule has 6 heteroatoms. The topological polar surface area (TPSA) is 81.9 Å². The molecule has 1 fully saturated rings. The van der Waals surface area contributed by atoms with Crippen LogP contribution in [-0.4, -0.2) is 37.5 Å². The van der Waals surface area contributed by atoms with Gasteiger partial charge in [0.2, 0.25) is 11.8 Å². The van der Waals surface area contributed by atoms with Crippen molar-refractivity contribution in [3.63, 3.8) is 0 Å². The summed E-state index contributed by atoms with van der Waals surface area (Å²) in [5.41, 5.74) is 6.05. The second-order valence-corrected chi connectivity index (χ2v) is 4.72. The molecule has 0 aliphatic carbocycles. The highest BCUT2D eigenvalue weighted by Gasteiger charge is 2.33. The van der Waals surface area contributed by atoms with E-state index in [-0.39, 0.29) is 12.3 Å². The molecule has 1 atom stereocenters. The Bertz CT molecular complexity index is 508. The molecular formula is C14H18N2O4. The third-order valence-corrected chi connectivity index (χ3v) is 3.50. The van der Waals surface area contributed by atoms with E-state index in [2.05, 4.69) is 0 Å². The fourth-order valence-electron chi connectivity index (χ4n) is 2.39. The van der Waals surface area contributed by atoms with Crippen LogP contribution in [0.3, 0.4) is 0 Å². The van der Waals surface area contributed by atoms with E-state index in [1.54, 1.807) is 19.1 Å². The molecule has 2 rings (SSSR count). The van der Waals surface area contributed by atoms with E-state index in [0.717, 1.165) is 5.56 Å². The third-order valence-electron chi connectivity index (χ3n) is 3.50. The molecule has 0 saturated carbocycles. The van der Waals surface area contributed by atoms with Crippen LogP contribution >= 0.6 is 0 Å². The first-order valence-corrected chi connectivity index (χ1v) is 6.33. The van der Waals surface area contributed by atoms with E-state index in [4.69, 9.17) is 15.2 Å². The summed E-state index contributed by atoms with van der Waals surface area (Å²) in [6, 6.07) is 5.44. The molecule has 1 unspecified atom stereocenters. The van der Waals surface area contributed by atoms with Gasteiger partial charge < -0.3 is 20.1 Å². The molecular weight excluding hydrogens is 260 g/mol. The van der Waals surface area contributed by atoms with Gasteiger partial charge in [-0.1, -0.05) is 6.07 Å². The van der Waals surface area contributed by atoms with Crippen molar-refractivity contribution in [2.75, 3.05) is 20.8 Å². The van der Waals surface area contributed by atoms with Crippen LogP contribution in [0.4, 0.5) is 0 Å². The van der Waals surface area contributed by atoms with Crippen molar-refractivity contribution in [3.8, 4) is 11.5 Å². The van der Waals surface area contributed by atoms with Crippen LogP contribution < -0.4 is 15.2 Å². The summed E-state index contributed by atoms with van der Waals surface area (Å²) in [6.07, 6.45) is 0.173. The Morgan fingerprint density at radius 3 is 2.40 bits per heavy atom. The van der Waals surface area contributed by atoms with Gasteiger partial charge in [-0.25, -0.2) is 0 Å². The van der Waals surface area contributed by atoms with E-state index < -0.39 is 11.8 Å². The standard InChI is InChI=1S/C14H18N2O4/c1-19-11-4-3-5-12(20-2)10(11)8-16-7-9(14(15)18)6-13(16)17/h3-5,9H,6-8H2,1-2H3,(H2,15,18). The molecule has 108 valence electrons. The van der Waals surface area contributed by atoms with Gasteiger partial charge in [-0.05, 0) is 12.1 Å². The zero-order valence-corrected chi connectivity index (χ0v) is 11.6. The van der Waals surface area contributed by atoms with E-state index in [9.17, 15) is 9.59 Å². The van der Waals surface area contributed by atoms with Gasteiger partial charge in [0.15, 0.2) is 0 Å². The minimum atomic E-state index is -0.437. The highest BCUT2D eigenvalue weighted by atomic mass is 16.5. The average molecular weight is 278 g/mol. The molecule has 6 nitrogen and oxygen atoms in total. The Balaban J connectivity index is 2.22. The Hall–Kier alpha value is -2.24. The predicted molar refractivity (Wildman–Crippen MR) is 72.3 cm³/mol. The number of primary amides is 1. The summed E-state index contributed by atoms with van der Waals surface area (Å²) in [7, 11) is 3.13. The number of benzene rings is 1. The van der Waals surface area contributed by atoms with Crippen LogP contribution in [0.15, 0.2) is 18.2 Å². The number of amides is 2. The quantitative estimate of drug-likeness (QED) is 0.852. The number of likely N-dealkylation sites (tertiary alicyclic amines) is 1. The highest BCUT2D eigenvalue weighted by Crippen LogP contribution is 2.31. The van der Waals surface area contributed by atoms with Crippen molar-refractivity contribution in [3.05, 3.63) is 23.8 Å². The predicted octanol–water partition coefficient (Wildman–Crippen LogP) is 0.538. The fraction of sp³-hybridized carbons (Fsp3) is 0.429. The number of nitrogens with two attached hydrogens (primary N) is 1. The SMILES string of the molecule is COc1cccc(OC)c1CN1CC(C(N)=O)CC1=O. The van der Waals surface area contributed by atoms with Crippen molar-refractivity contribution in [2.24, 2.45) is 11.7 Å². The van der Waals surface area contributed by atoms with Crippen LogP contribution in [0.2, 0.25) is 0 Å². The zero-order valence-electron chi connectivity index (χ0n) is 11.6. The number of rotatable bonds is 5. The summed E-state index contributed by atoms with van der Waals surface area (Å²) in [5.74, 6) is 0.372. The molecule has 1 aromatic carbocycles. The number of hydrogen-bond donors (Lipinski definition) is 1. The molecule has 0 spiro atoms. The molecule has 0 radical (unpaired) electrons.